The van der Waals surface area contributed by atoms with Crippen LogP contribution in [0.5, 0.6) is 0 Å². The lowest BCUT2D eigenvalue weighted by atomic mass is 9.42. The Balaban J connectivity index is 1.62. The summed E-state index contributed by atoms with van der Waals surface area (Å²) in [5, 5.41) is 0.673. The summed E-state index contributed by atoms with van der Waals surface area (Å²) >= 11 is 4.87. The third kappa shape index (κ3) is 2.69. The van der Waals surface area contributed by atoms with Crippen molar-refractivity contribution < 1.29 is 0 Å². The maximum absolute atomic E-state index is 4.87. The highest BCUT2D eigenvalue weighted by atomic mass is 32.1. The van der Waals surface area contributed by atoms with Crippen LogP contribution in [0.15, 0.2) is 12.7 Å². The number of allylic oxidation sites excluding steroid dienone is 1. The van der Waals surface area contributed by atoms with Crippen LogP contribution < -0.4 is 0 Å². The number of thiol groups is 1. The summed E-state index contributed by atoms with van der Waals surface area (Å²) in [6, 6.07) is 0. The zero-order valence-electron chi connectivity index (χ0n) is 17.7. The van der Waals surface area contributed by atoms with Crippen molar-refractivity contribution in [3.8, 4) is 0 Å². The maximum atomic E-state index is 4.87. The number of fused-ring (bicyclic) bond motifs is 5. The average molecular weight is 375 g/mol. The first kappa shape index (κ1) is 19.4. The molecule has 0 nitrogen and oxygen atoms in total. The van der Waals surface area contributed by atoms with Crippen LogP contribution in [0.25, 0.3) is 0 Å². The Morgan fingerprint density at radius 3 is 2.58 bits per heavy atom. The van der Waals surface area contributed by atoms with Crippen LogP contribution in [0.3, 0.4) is 0 Å². The van der Waals surface area contributed by atoms with Crippen molar-refractivity contribution in [2.24, 2.45) is 52.3 Å². The smallest absolute Gasteiger partial charge is 0.00198 e. The zero-order chi connectivity index (χ0) is 18.7. The van der Waals surface area contributed by atoms with Crippen molar-refractivity contribution in [3.05, 3.63) is 12.7 Å². The van der Waals surface area contributed by atoms with Crippen molar-refractivity contribution >= 4 is 12.6 Å². The van der Waals surface area contributed by atoms with Gasteiger partial charge in [0.1, 0.15) is 0 Å². The van der Waals surface area contributed by atoms with E-state index in [0.717, 1.165) is 41.4 Å². The number of hydrogen-bond acceptors (Lipinski definition) is 1. The largest absolute Gasteiger partial charge is 0.176 e. The van der Waals surface area contributed by atoms with Gasteiger partial charge in [-0.1, -0.05) is 33.8 Å². The lowest BCUT2D eigenvalue weighted by Crippen LogP contribution is -2.56. The first-order valence-electron chi connectivity index (χ1n) is 11.6. The molecule has 10 atom stereocenters. The Morgan fingerprint density at radius 1 is 1.08 bits per heavy atom. The molecule has 0 amide bonds. The molecule has 0 spiro atoms. The van der Waals surface area contributed by atoms with Crippen LogP contribution in [0.4, 0.5) is 0 Å². The molecule has 0 aliphatic heterocycles. The zero-order valence-corrected chi connectivity index (χ0v) is 18.6. The Kier molecular flexibility index (Phi) is 5.12. The Labute approximate surface area is 168 Å². The first-order valence-corrected chi connectivity index (χ1v) is 12.1. The maximum Gasteiger partial charge on any atom is 0.00198 e. The predicted octanol–water partition coefficient (Wildman–Crippen LogP) is 7.40. The van der Waals surface area contributed by atoms with Crippen LogP contribution in [0.1, 0.15) is 85.5 Å². The highest BCUT2D eigenvalue weighted by Gasteiger charge is 2.62. The van der Waals surface area contributed by atoms with Gasteiger partial charge in [0.15, 0.2) is 0 Å². The average Bonchev–Trinajstić information content (AvgIpc) is 2.96. The van der Waals surface area contributed by atoms with Crippen LogP contribution >= 0.6 is 12.6 Å². The highest BCUT2D eigenvalue weighted by Crippen LogP contribution is 2.70. The van der Waals surface area contributed by atoms with Gasteiger partial charge in [-0.25, -0.2) is 0 Å². The van der Waals surface area contributed by atoms with E-state index in [1.165, 1.54) is 57.8 Å². The van der Waals surface area contributed by atoms with E-state index in [0.29, 0.717) is 16.1 Å². The van der Waals surface area contributed by atoms with Crippen LogP contribution in [0.2, 0.25) is 0 Å². The molecule has 4 rings (SSSR count). The standard InChI is InChI=1S/C25H42S/c1-6-7-16(2)21-10-11-22-20-9-8-18-15-19(26)12-13-24(18,4)23(20)14-17(3)25(21,22)5/h6,16-23,26H,1,7-15H2,2-5H3. The second kappa shape index (κ2) is 6.85. The molecule has 0 heterocycles. The van der Waals surface area contributed by atoms with E-state index in [-0.39, 0.29) is 0 Å². The topological polar surface area (TPSA) is 0 Å². The molecular formula is C25H42S. The highest BCUT2D eigenvalue weighted by molar-refractivity contribution is 7.80. The predicted molar refractivity (Wildman–Crippen MR) is 117 cm³/mol. The molecule has 4 aliphatic carbocycles. The molecule has 0 saturated heterocycles. The fourth-order valence-corrected chi connectivity index (χ4v) is 9.35. The number of rotatable bonds is 3. The Bertz CT molecular complexity index is 540. The SMILES string of the molecule is C=CCC(C)C1CCC2C3CCC4CC(S)CCC4(C)C3CC(C)C12C. The van der Waals surface area contributed by atoms with E-state index in [2.05, 4.69) is 40.3 Å². The summed E-state index contributed by atoms with van der Waals surface area (Å²) in [5.41, 5.74) is 1.19. The summed E-state index contributed by atoms with van der Waals surface area (Å²) in [7, 11) is 0. The van der Waals surface area contributed by atoms with Gasteiger partial charge in [-0.05, 0) is 110 Å². The minimum Gasteiger partial charge on any atom is -0.176 e. The van der Waals surface area contributed by atoms with E-state index in [4.69, 9.17) is 12.6 Å². The van der Waals surface area contributed by atoms with Gasteiger partial charge in [0.05, 0.1) is 0 Å². The van der Waals surface area contributed by atoms with Crippen LogP contribution in [-0.2, 0) is 0 Å². The van der Waals surface area contributed by atoms with Crippen molar-refractivity contribution in [2.45, 2.75) is 90.7 Å². The van der Waals surface area contributed by atoms with Gasteiger partial charge in [0.25, 0.3) is 0 Å². The monoisotopic (exact) mass is 374 g/mol. The molecule has 0 radical (unpaired) electrons. The summed E-state index contributed by atoms with van der Waals surface area (Å²) < 4.78 is 0. The molecule has 1 heteroatoms. The summed E-state index contributed by atoms with van der Waals surface area (Å²) in [5.74, 6) is 6.55. The van der Waals surface area contributed by atoms with E-state index >= 15 is 0 Å². The van der Waals surface area contributed by atoms with Gasteiger partial charge < -0.3 is 0 Å². The Morgan fingerprint density at radius 2 is 1.85 bits per heavy atom. The second-order valence-electron chi connectivity index (χ2n) is 11.3. The minimum atomic E-state index is 0.577. The molecule has 4 fully saturated rings. The van der Waals surface area contributed by atoms with Crippen molar-refractivity contribution in [1.82, 2.24) is 0 Å². The molecular weight excluding hydrogens is 332 g/mol. The van der Waals surface area contributed by atoms with Crippen LogP contribution in [-0.4, -0.2) is 5.25 Å². The first-order chi connectivity index (χ1) is 12.3. The molecule has 0 aromatic heterocycles. The van der Waals surface area contributed by atoms with Gasteiger partial charge in [-0.15, -0.1) is 6.58 Å². The minimum absolute atomic E-state index is 0.577. The van der Waals surface area contributed by atoms with Crippen molar-refractivity contribution in [3.63, 3.8) is 0 Å². The third-order valence-electron chi connectivity index (χ3n) is 10.5. The lowest BCUT2D eigenvalue weighted by molar-refractivity contribution is -0.137. The van der Waals surface area contributed by atoms with Gasteiger partial charge in [-0.3, -0.25) is 0 Å². The second-order valence-corrected chi connectivity index (χ2v) is 12.0. The third-order valence-corrected chi connectivity index (χ3v) is 11.0. The van der Waals surface area contributed by atoms with Crippen molar-refractivity contribution in [1.29, 1.82) is 0 Å². The number of hydrogen-bond donors (Lipinski definition) is 1. The molecule has 148 valence electrons. The van der Waals surface area contributed by atoms with E-state index < -0.39 is 0 Å². The van der Waals surface area contributed by atoms with E-state index in [1.54, 1.807) is 0 Å². The molecule has 4 aliphatic rings. The molecule has 10 unspecified atom stereocenters. The summed E-state index contributed by atoms with van der Waals surface area (Å²) in [6.45, 7) is 14.6. The molecule has 0 N–H and O–H groups in total. The summed E-state index contributed by atoms with van der Waals surface area (Å²) in [6.07, 6.45) is 15.0. The lowest BCUT2D eigenvalue weighted by Gasteiger charge is -2.63. The van der Waals surface area contributed by atoms with Crippen molar-refractivity contribution in [2.75, 3.05) is 0 Å². The molecule has 0 aromatic rings. The summed E-state index contributed by atoms with van der Waals surface area (Å²) in [4.78, 5) is 0. The van der Waals surface area contributed by atoms with Gasteiger partial charge in [0.2, 0.25) is 0 Å². The van der Waals surface area contributed by atoms with Gasteiger partial charge >= 0.3 is 0 Å². The Hall–Kier alpha value is 0.0900. The van der Waals surface area contributed by atoms with E-state index in [9.17, 15) is 0 Å². The van der Waals surface area contributed by atoms with Crippen LogP contribution in [0, 0.1) is 52.3 Å². The molecule has 0 aromatic carbocycles. The van der Waals surface area contributed by atoms with Gasteiger partial charge in [0, 0.05) is 5.25 Å². The quantitative estimate of drug-likeness (QED) is 0.386. The normalized spacial score (nSPS) is 54.7. The van der Waals surface area contributed by atoms with Gasteiger partial charge in [-0.2, -0.15) is 12.6 Å². The molecule has 4 saturated carbocycles. The fraction of sp³-hybridized carbons (Fsp3) is 0.920. The fourth-order valence-electron chi connectivity index (χ4n) is 8.96. The van der Waals surface area contributed by atoms with E-state index in [1.807, 2.05) is 0 Å². The molecule has 0 bridgehead atoms. The molecule has 26 heavy (non-hydrogen) atoms.